The minimum atomic E-state index is -0.707. The van der Waals surface area contributed by atoms with Gasteiger partial charge in [-0.3, -0.25) is 18.7 Å². The average Bonchev–Trinajstić information content (AvgIpc) is 2.77. The second-order valence-corrected chi connectivity index (χ2v) is 8.84. The monoisotopic (exact) mass is 486 g/mol. The fourth-order valence-corrected chi connectivity index (χ4v) is 4.01. The zero-order valence-electron chi connectivity index (χ0n) is 18.5. The van der Waals surface area contributed by atoms with Gasteiger partial charge < -0.3 is 10.4 Å². The molecule has 0 radical (unpaired) electrons. The van der Waals surface area contributed by atoms with Gasteiger partial charge in [-0.1, -0.05) is 35.5 Å². The third-order valence-corrected chi connectivity index (χ3v) is 6.23. The molecule has 172 valence electrons. The molecule has 1 heterocycles. The molecule has 1 aromatic heterocycles. The van der Waals surface area contributed by atoms with Crippen molar-refractivity contribution < 1.29 is 9.90 Å². The minimum absolute atomic E-state index is 0.0956. The molecule has 0 saturated heterocycles. The molecule has 0 fully saturated rings. The number of aromatic hydroxyl groups is 1. The molecule has 2 N–H and O–H groups in total. The molecule has 33 heavy (non-hydrogen) atoms. The largest absolute Gasteiger partial charge is 0.494 e. The zero-order chi connectivity index (χ0) is 24.3. The predicted octanol–water partition coefficient (Wildman–Crippen LogP) is 3.51. The average molecular weight is 487 g/mol. The lowest BCUT2D eigenvalue weighted by Gasteiger charge is -2.13. The molecule has 0 aliphatic rings. The van der Waals surface area contributed by atoms with Crippen molar-refractivity contribution >= 4 is 45.7 Å². The zero-order valence-corrected chi connectivity index (χ0v) is 20.1. The van der Waals surface area contributed by atoms with Gasteiger partial charge in [-0.05, 0) is 55.3 Å². The van der Waals surface area contributed by atoms with Crippen LogP contribution in [0.4, 0.5) is 11.4 Å². The van der Waals surface area contributed by atoms with Gasteiger partial charge in [0.15, 0.2) is 0 Å². The first kappa shape index (κ1) is 24.3. The van der Waals surface area contributed by atoms with Gasteiger partial charge in [0.1, 0.15) is 10.6 Å². The molecular formula is C23H23ClN4O4S. The Morgan fingerprint density at radius 2 is 1.82 bits per heavy atom. The number of nitrogens with one attached hydrogen (secondary N) is 1. The van der Waals surface area contributed by atoms with E-state index >= 15 is 0 Å². The van der Waals surface area contributed by atoms with Crippen LogP contribution in [0.3, 0.4) is 0 Å². The topological polar surface area (TPSA) is 106 Å². The number of rotatable bonds is 5. The van der Waals surface area contributed by atoms with E-state index < -0.39 is 17.1 Å². The highest BCUT2D eigenvalue weighted by atomic mass is 35.5. The highest BCUT2D eigenvalue weighted by molar-refractivity contribution is 8.15. The highest BCUT2D eigenvalue weighted by Gasteiger charge is 2.22. The summed E-state index contributed by atoms with van der Waals surface area (Å²) in [6.07, 6.45) is 0. The second-order valence-electron chi connectivity index (χ2n) is 7.44. The van der Waals surface area contributed by atoms with Crippen LogP contribution in [-0.4, -0.2) is 30.9 Å². The van der Waals surface area contributed by atoms with Crippen molar-refractivity contribution in [2.45, 2.75) is 13.8 Å². The fraction of sp³-hybridized carbons (Fsp3) is 0.217. The first-order chi connectivity index (χ1) is 15.6. The third-order valence-electron chi connectivity index (χ3n) is 5.02. The summed E-state index contributed by atoms with van der Waals surface area (Å²) in [6, 6.07) is 12.2. The first-order valence-electron chi connectivity index (χ1n) is 9.92. The van der Waals surface area contributed by atoms with Crippen LogP contribution < -0.4 is 16.6 Å². The van der Waals surface area contributed by atoms with Gasteiger partial charge >= 0.3 is 5.69 Å². The van der Waals surface area contributed by atoms with Crippen molar-refractivity contribution in [2.24, 2.45) is 19.1 Å². The van der Waals surface area contributed by atoms with Crippen molar-refractivity contribution in [3.63, 3.8) is 0 Å². The Bertz CT molecular complexity index is 1380. The number of anilines is 1. The van der Waals surface area contributed by atoms with Crippen LogP contribution in [0.1, 0.15) is 16.7 Å². The maximum Gasteiger partial charge on any atom is 0.333 e. The third kappa shape index (κ3) is 5.55. The van der Waals surface area contributed by atoms with Crippen LogP contribution in [-0.2, 0) is 18.9 Å². The molecule has 2 aromatic carbocycles. The molecule has 10 heteroatoms. The lowest BCUT2D eigenvalue weighted by Crippen LogP contribution is -2.39. The molecule has 0 unspecified atom stereocenters. The number of aryl methyl sites for hydroxylation is 2. The van der Waals surface area contributed by atoms with Crippen LogP contribution in [0.25, 0.3) is 0 Å². The van der Waals surface area contributed by atoms with Crippen LogP contribution in [0.5, 0.6) is 5.88 Å². The Kier molecular flexibility index (Phi) is 7.45. The van der Waals surface area contributed by atoms with Gasteiger partial charge in [-0.15, -0.1) is 0 Å². The molecule has 0 saturated carbocycles. The van der Waals surface area contributed by atoms with E-state index in [4.69, 9.17) is 11.6 Å². The van der Waals surface area contributed by atoms with Gasteiger partial charge in [0.2, 0.25) is 11.8 Å². The molecule has 1 amide bonds. The SMILES string of the molecule is Cc1ccc(N=C(SCC(=O)Nc2cccc(Cl)c2)c2c(O)n(C)c(=O)n(C)c2=O)cc1C. The van der Waals surface area contributed by atoms with Gasteiger partial charge in [0.05, 0.1) is 11.4 Å². The number of halogens is 1. The highest BCUT2D eigenvalue weighted by Crippen LogP contribution is 2.25. The van der Waals surface area contributed by atoms with Crippen molar-refractivity contribution in [3.8, 4) is 5.88 Å². The molecule has 0 aliphatic heterocycles. The lowest BCUT2D eigenvalue weighted by molar-refractivity contribution is -0.113. The normalized spacial score (nSPS) is 11.5. The summed E-state index contributed by atoms with van der Waals surface area (Å²) in [5.74, 6) is -0.966. The molecule has 0 atom stereocenters. The van der Waals surface area contributed by atoms with Gasteiger partial charge in [-0.25, -0.2) is 9.79 Å². The fourth-order valence-electron chi connectivity index (χ4n) is 2.99. The Balaban J connectivity index is 2.01. The standard InChI is InChI=1S/C23H23ClN4O4S/c1-13-8-9-17(10-14(13)2)26-20(19-21(30)27(3)23(32)28(4)22(19)31)33-12-18(29)25-16-7-5-6-15(24)11-16/h5-11,30H,12H2,1-4H3,(H,25,29). The summed E-state index contributed by atoms with van der Waals surface area (Å²) >= 11 is 6.94. The van der Waals surface area contributed by atoms with E-state index in [1.54, 1.807) is 30.3 Å². The van der Waals surface area contributed by atoms with E-state index in [2.05, 4.69) is 10.3 Å². The van der Waals surface area contributed by atoms with Crippen molar-refractivity contribution in [1.29, 1.82) is 0 Å². The van der Waals surface area contributed by atoms with E-state index in [-0.39, 0.29) is 22.3 Å². The lowest BCUT2D eigenvalue weighted by atomic mass is 10.1. The van der Waals surface area contributed by atoms with Gasteiger partial charge in [0, 0.05) is 24.8 Å². The molecular weight excluding hydrogens is 464 g/mol. The Morgan fingerprint density at radius 3 is 2.48 bits per heavy atom. The summed E-state index contributed by atoms with van der Waals surface area (Å²) in [6.45, 7) is 3.90. The number of benzene rings is 2. The van der Waals surface area contributed by atoms with E-state index in [1.807, 2.05) is 26.0 Å². The van der Waals surface area contributed by atoms with Crippen molar-refractivity contribution in [3.05, 3.63) is 85.0 Å². The van der Waals surface area contributed by atoms with Crippen LogP contribution >= 0.6 is 23.4 Å². The second kappa shape index (κ2) is 10.1. The number of hydrogen-bond acceptors (Lipinski definition) is 6. The maximum atomic E-state index is 12.9. The van der Waals surface area contributed by atoms with Crippen molar-refractivity contribution in [1.82, 2.24) is 9.13 Å². The smallest absolute Gasteiger partial charge is 0.333 e. The molecule has 0 spiro atoms. The van der Waals surface area contributed by atoms with Crippen molar-refractivity contribution in [2.75, 3.05) is 11.1 Å². The predicted molar refractivity (Wildman–Crippen MR) is 133 cm³/mol. The summed E-state index contributed by atoms with van der Waals surface area (Å²) in [7, 11) is 2.67. The number of hydrogen-bond donors (Lipinski definition) is 2. The van der Waals surface area contributed by atoms with E-state index in [9.17, 15) is 19.5 Å². The molecule has 8 nitrogen and oxygen atoms in total. The summed E-state index contributed by atoms with van der Waals surface area (Å²) in [5, 5.41) is 13.9. The number of aromatic nitrogens is 2. The molecule has 0 bridgehead atoms. The molecule has 3 aromatic rings. The quantitative estimate of drug-likeness (QED) is 0.424. The first-order valence-corrected chi connectivity index (χ1v) is 11.3. The number of thioether (sulfide) groups is 1. The van der Waals surface area contributed by atoms with E-state index in [0.29, 0.717) is 16.4 Å². The number of aliphatic imine (C=N–C) groups is 1. The Hall–Kier alpha value is -3.30. The van der Waals surface area contributed by atoms with E-state index in [0.717, 1.165) is 32.0 Å². The van der Waals surface area contributed by atoms with Crippen LogP contribution in [0.2, 0.25) is 5.02 Å². The number of carbonyl (C=O) groups excluding carboxylic acids is 1. The summed E-state index contributed by atoms with van der Waals surface area (Å²) in [5.41, 5.74) is 1.62. The van der Waals surface area contributed by atoms with Gasteiger partial charge in [0.25, 0.3) is 5.56 Å². The summed E-state index contributed by atoms with van der Waals surface area (Å²) < 4.78 is 1.84. The minimum Gasteiger partial charge on any atom is -0.494 e. The maximum absolute atomic E-state index is 12.9. The molecule has 3 rings (SSSR count). The van der Waals surface area contributed by atoms with Crippen LogP contribution in [0.15, 0.2) is 57.0 Å². The summed E-state index contributed by atoms with van der Waals surface area (Å²) in [4.78, 5) is 42.1. The van der Waals surface area contributed by atoms with Crippen LogP contribution in [0, 0.1) is 13.8 Å². The number of nitrogens with zero attached hydrogens (tertiary/aromatic N) is 3. The molecule has 0 aliphatic carbocycles. The van der Waals surface area contributed by atoms with E-state index in [1.165, 1.54) is 14.1 Å². The Labute approximate surface area is 199 Å². The number of carbonyl (C=O) groups is 1. The number of amides is 1. The Morgan fingerprint density at radius 1 is 1.09 bits per heavy atom. The van der Waals surface area contributed by atoms with Gasteiger partial charge in [-0.2, -0.15) is 0 Å².